The Morgan fingerprint density at radius 1 is 1.57 bits per heavy atom. The van der Waals surface area contributed by atoms with E-state index in [1.54, 1.807) is 7.11 Å². The lowest BCUT2D eigenvalue weighted by atomic mass is 9.92. The molecule has 1 fully saturated rings. The van der Waals surface area contributed by atoms with Crippen LogP contribution in [0.4, 0.5) is 0 Å². The molecule has 0 radical (unpaired) electrons. The highest BCUT2D eigenvalue weighted by atomic mass is 32.2. The third-order valence-electron chi connectivity index (χ3n) is 2.78. The average molecular weight is 221 g/mol. The molecular formula is C9H19NO3S. The Labute approximate surface area is 85.9 Å². The molecule has 1 saturated heterocycles. The number of nitrogens with one attached hydrogen (secondary N) is 1. The van der Waals surface area contributed by atoms with Gasteiger partial charge in [-0.3, -0.25) is 0 Å². The topological polar surface area (TPSA) is 55.4 Å². The lowest BCUT2D eigenvalue weighted by Gasteiger charge is -2.21. The molecule has 0 aromatic rings. The molecule has 5 heteroatoms. The van der Waals surface area contributed by atoms with Crippen LogP contribution in [0.1, 0.15) is 6.42 Å². The van der Waals surface area contributed by atoms with Crippen LogP contribution in [0.15, 0.2) is 0 Å². The number of sulfone groups is 1. The fraction of sp³-hybridized carbons (Fsp3) is 1.00. The molecule has 2 unspecified atom stereocenters. The number of hydrogen-bond donors (Lipinski definition) is 1. The maximum absolute atomic E-state index is 11.3. The number of ether oxygens (including phenoxy) is 1. The SMILES string of the molecule is CNCC(COC)C1CCS(=O)(=O)C1. The van der Waals surface area contributed by atoms with Gasteiger partial charge in [-0.25, -0.2) is 8.42 Å². The van der Waals surface area contributed by atoms with Crippen molar-refractivity contribution in [1.29, 1.82) is 0 Å². The van der Waals surface area contributed by atoms with Gasteiger partial charge in [0.05, 0.1) is 18.1 Å². The molecule has 1 aliphatic rings. The molecule has 0 aromatic heterocycles. The van der Waals surface area contributed by atoms with Crippen molar-refractivity contribution in [1.82, 2.24) is 5.32 Å². The largest absolute Gasteiger partial charge is 0.384 e. The molecule has 4 nitrogen and oxygen atoms in total. The van der Waals surface area contributed by atoms with Gasteiger partial charge in [-0.05, 0) is 25.3 Å². The van der Waals surface area contributed by atoms with Gasteiger partial charge in [-0.15, -0.1) is 0 Å². The summed E-state index contributed by atoms with van der Waals surface area (Å²) in [5.41, 5.74) is 0. The second-order valence-corrected chi connectivity index (χ2v) is 6.16. The fourth-order valence-corrected chi connectivity index (χ4v) is 3.95. The molecule has 0 aromatic carbocycles. The predicted molar refractivity (Wildman–Crippen MR) is 56.1 cm³/mol. The highest BCUT2D eigenvalue weighted by Gasteiger charge is 2.33. The summed E-state index contributed by atoms with van der Waals surface area (Å²) in [4.78, 5) is 0. The second kappa shape index (κ2) is 5.09. The number of hydrogen-bond acceptors (Lipinski definition) is 4. The highest BCUT2D eigenvalue weighted by Crippen LogP contribution is 2.25. The van der Waals surface area contributed by atoms with Crippen LogP contribution in [0, 0.1) is 11.8 Å². The van der Waals surface area contributed by atoms with Crippen LogP contribution >= 0.6 is 0 Å². The second-order valence-electron chi connectivity index (χ2n) is 3.94. The first-order valence-electron chi connectivity index (χ1n) is 4.93. The van der Waals surface area contributed by atoms with Gasteiger partial charge in [-0.1, -0.05) is 0 Å². The molecule has 0 saturated carbocycles. The van der Waals surface area contributed by atoms with E-state index in [1.807, 2.05) is 7.05 Å². The third-order valence-corrected chi connectivity index (χ3v) is 4.58. The molecule has 1 N–H and O–H groups in total. The van der Waals surface area contributed by atoms with Crippen LogP contribution in [-0.2, 0) is 14.6 Å². The Bertz CT molecular complexity index is 257. The average Bonchev–Trinajstić information content (AvgIpc) is 2.46. The zero-order chi connectivity index (χ0) is 10.6. The van der Waals surface area contributed by atoms with Gasteiger partial charge in [0.25, 0.3) is 0 Å². The zero-order valence-corrected chi connectivity index (χ0v) is 9.64. The minimum Gasteiger partial charge on any atom is -0.384 e. The van der Waals surface area contributed by atoms with E-state index >= 15 is 0 Å². The summed E-state index contributed by atoms with van der Waals surface area (Å²) in [7, 11) is 0.779. The van der Waals surface area contributed by atoms with Crippen molar-refractivity contribution in [2.24, 2.45) is 11.8 Å². The van der Waals surface area contributed by atoms with Crippen molar-refractivity contribution in [2.75, 3.05) is 38.8 Å². The predicted octanol–water partition coefficient (Wildman–Crippen LogP) is -0.0969. The molecule has 0 spiro atoms. The molecule has 0 bridgehead atoms. The quantitative estimate of drug-likeness (QED) is 0.704. The van der Waals surface area contributed by atoms with Crippen molar-refractivity contribution in [2.45, 2.75) is 6.42 Å². The van der Waals surface area contributed by atoms with Crippen molar-refractivity contribution in [3.05, 3.63) is 0 Å². The summed E-state index contributed by atoms with van der Waals surface area (Å²) in [5.74, 6) is 1.28. The molecule has 1 rings (SSSR count). The Morgan fingerprint density at radius 3 is 2.71 bits per heavy atom. The molecule has 0 aliphatic carbocycles. The molecule has 1 aliphatic heterocycles. The van der Waals surface area contributed by atoms with Crippen molar-refractivity contribution in [3.63, 3.8) is 0 Å². The van der Waals surface area contributed by atoms with Gasteiger partial charge in [0.1, 0.15) is 0 Å². The normalized spacial score (nSPS) is 27.7. The van der Waals surface area contributed by atoms with Crippen LogP contribution < -0.4 is 5.32 Å². The van der Waals surface area contributed by atoms with Gasteiger partial charge in [0.2, 0.25) is 0 Å². The number of rotatable bonds is 5. The molecule has 0 amide bonds. The summed E-state index contributed by atoms with van der Waals surface area (Å²) >= 11 is 0. The van der Waals surface area contributed by atoms with Gasteiger partial charge in [0, 0.05) is 13.7 Å². The molecule has 14 heavy (non-hydrogen) atoms. The van der Waals surface area contributed by atoms with E-state index in [4.69, 9.17) is 4.74 Å². The maximum Gasteiger partial charge on any atom is 0.150 e. The van der Waals surface area contributed by atoms with Gasteiger partial charge in [-0.2, -0.15) is 0 Å². The Hall–Kier alpha value is -0.130. The standard InChI is InChI=1S/C9H19NO3S/c1-10-5-9(6-13-2)8-3-4-14(11,12)7-8/h8-10H,3-7H2,1-2H3. The van der Waals surface area contributed by atoms with Gasteiger partial charge < -0.3 is 10.1 Å². The summed E-state index contributed by atoms with van der Waals surface area (Å²) in [5, 5.41) is 3.08. The van der Waals surface area contributed by atoms with Crippen LogP contribution in [0.2, 0.25) is 0 Å². The minimum atomic E-state index is -2.76. The Morgan fingerprint density at radius 2 is 2.29 bits per heavy atom. The van der Waals surface area contributed by atoms with Crippen LogP contribution in [-0.4, -0.2) is 47.2 Å². The highest BCUT2D eigenvalue weighted by molar-refractivity contribution is 7.91. The zero-order valence-electron chi connectivity index (χ0n) is 8.82. The van der Waals surface area contributed by atoms with E-state index in [0.29, 0.717) is 24.0 Å². The Balaban J connectivity index is 2.52. The van der Waals surface area contributed by atoms with E-state index in [0.717, 1.165) is 13.0 Å². The van der Waals surface area contributed by atoms with Crippen LogP contribution in [0.25, 0.3) is 0 Å². The van der Waals surface area contributed by atoms with Crippen molar-refractivity contribution >= 4 is 9.84 Å². The monoisotopic (exact) mass is 221 g/mol. The number of methoxy groups -OCH3 is 1. The van der Waals surface area contributed by atoms with Crippen molar-refractivity contribution < 1.29 is 13.2 Å². The van der Waals surface area contributed by atoms with E-state index in [9.17, 15) is 8.42 Å². The first kappa shape index (κ1) is 11.9. The van der Waals surface area contributed by atoms with Gasteiger partial charge >= 0.3 is 0 Å². The Kier molecular flexibility index (Phi) is 4.34. The summed E-state index contributed by atoms with van der Waals surface area (Å²) < 4.78 is 27.7. The third kappa shape index (κ3) is 3.22. The molecule has 1 heterocycles. The van der Waals surface area contributed by atoms with E-state index in [1.165, 1.54) is 0 Å². The summed E-state index contributed by atoms with van der Waals surface area (Å²) in [6.45, 7) is 1.47. The molecule has 2 atom stereocenters. The summed E-state index contributed by atoms with van der Waals surface area (Å²) in [6, 6.07) is 0. The molecule has 84 valence electrons. The lowest BCUT2D eigenvalue weighted by molar-refractivity contribution is 0.126. The molecular weight excluding hydrogens is 202 g/mol. The first-order chi connectivity index (χ1) is 6.59. The first-order valence-corrected chi connectivity index (χ1v) is 6.75. The summed E-state index contributed by atoms with van der Waals surface area (Å²) in [6.07, 6.45) is 0.790. The van der Waals surface area contributed by atoms with Crippen molar-refractivity contribution in [3.8, 4) is 0 Å². The lowest BCUT2D eigenvalue weighted by Crippen LogP contribution is -2.30. The maximum atomic E-state index is 11.3. The minimum absolute atomic E-state index is 0.271. The van der Waals surface area contributed by atoms with Crippen LogP contribution in [0.5, 0.6) is 0 Å². The van der Waals surface area contributed by atoms with E-state index in [-0.39, 0.29) is 5.92 Å². The van der Waals surface area contributed by atoms with Crippen LogP contribution in [0.3, 0.4) is 0 Å². The van der Waals surface area contributed by atoms with Gasteiger partial charge in [0.15, 0.2) is 9.84 Å². The fourth-order valence-electron chi connectivity index (χ4n) is 2.03. The van der Waals surface area contributed by atoms with E-state index < -0.39 is 9.84 Å². The van der Waals surface area contributed by atoms with E-state index in [2.05, 4.69) is 5.32 Å². The smallest absolute Gasteiger partial charge is 0.150 e.